The van der Waals surface area contributed by atoms with E-state index < -0.39 is 0 Å². The molecule has 0 aromatic heterocycles. The van der Waals surface area contributed by atoms with Crippen molar-refractivity contribution in [1.82, 2.24) is 0 Å². The Morgan fingerprint density at radius 3 is 2.81 bits per heavy atom. The van der Waals surface area contributed by atoms with Crippen LogP contribution < -0.4 is 0 Å². The lowest BCUT2D eigenvalue weighted by Gasteiger charge is -2.56. The summed E-state index contributed by atoms with van der Waals surface area (Å²) < 4.78 is 5.89. The summed E-state index contributed by atoms with van der Waals surface area (Å²) in [6.07, 6.45) is 11.3. The molecule has 4 nitrogen and oxygen atoms in total. The van der Waals surface area contributed by atoms with E-state index in [-0.39, 0.29) is 41.7 Å². The Morgan fingerprint density at radius 1 is 1.30 bits per heavy atom. The second kappa shape index (κ2) is 6.58. The second-order valence-corrected chi connectivity index (χ2v) is 9.75. The predicted molar refractivity (Wildman–Crippen MR) is 103 cm³/mol. The lowest BCUT2D eigenvalue weighted by molar-refractivity contribution is -0.162. The first-order valence-corrected chi connectivity index (χ1v) is 10.5. The third kappa shape index (κ3) is 2.83. The van der Waals surface area contributed by atoms with E-state index in [1.807, 2.05) is 6.08 Å². The van der Waals surface area contributed by atoms with Gasteiger partial charge in [0.1, 0.15) is 6.10 Å². The molecule has 4 rings (SSSR count). The lowest BCUT2D eigenvalue weighted by atomic mass is 9.48. The largest absolute Gasteiger partial charge is 0.461 e. The van der Waals surface area contributed by atoms with Gasteiger partial charge in [-0.2, -0.15) is 0 Å². The van der Waals surface area contributed by atoms with Crippen molar-refractivity contribution in [2.75, 3.05) is 6.61 Å². The van der Waals surface area contributed by atoms with Crippen molar-refractivity contribution in [3.63, 3.8) is 0 Å². The van der Waals surface area contributed by atoms with Crippen molar-refractivity contribution in [2.24, 2.45) is 34.5 Å². The Morgan fingerprint density at radius 2 is 2.07 bits per heavy atom. The molecular weight excluding hydrogens is 340 g/mol. The highest BCUT2D eigenvalue weighted by atomic mass is 16.5. The number of ketones is 1. The van der Waals surface area contributed by atoms with Crippen molar-refractivity contribution in [3.8, 4) is 0 Å². The van der Waals surface area contributed by atoms with Crippen molar-refractivity contribution in [3.05, 3.63) is 23.8 Å². The lowest BCUT2D eigenvalue weighted by Crippen LogP contribution is -2.51. The van der Waals surface area contributed by atoms with Crippen LogP contribution in [0.1, 0.15) is 59.3 Å². The van der Waals surface area contributed by atoms with Gasteiger partial charge in [0.25, 0.3) is 0 Å². The first kappa shape index (κ1) is 18.9. The summed E-state index contributed by atoms with van der Waals surface area (Å²) in [4.78, 5) is 23.9. The summed E-state index contributed by atoms with van der Waals surface area (Å²) in [5.74, 6) is 1.96. The molecule has 3 saturated carbocycles. The molecule has 0 radical (unpaired) electrons. The van der Waals surface area contributed by atoms with Crippen LogP contribution in [0.5, 0.6) is 0 Å². The molecule has 0 aromatic carbocycles. The van der Waals surface area contributed by atoms with Crippen LogP contribution in [0.25, 0.3) is 0 Å². The summed E-state index contributed by atoms with van der Waals surface area (Å²) in [7, 11) is 0. The van der Waals surface area contributed by atoms with Gasteiger partial charge in [-0.05, 0) is 67.9 Å². The Bertz CT molecular complexity index is 707. The average Bonchev–Trinajstić information content (AvgIpc) is 2.87. The van der Waals surface area contributed by atoms with E-state index >= 15 is 0 Å². The first-order chi connectivity index (χ1) is 12.8. The molecule has 1 N–H and O–H groups in total. The molecule has 0 heterocycles. The normalized spacial score (nSPS) is 45.6. The number of carbonyl (C=O) groups is 2. The molecule has 0 saturated heterocycles. The molecule has 4 aliphatic rings. The molecule has 3 fully saturated rings. The maximum Gasteiger partial charge on any atom is 0.308 e. The highest BCUT2D eigenvalue weighted by molar-refractivity contribution is 6.01. The van der Waals surface area contributed by atoms with Crippen LogP contribution in [0.3, 0.4) is 0 Å². The van der Waals surface area contributed by atoms with Crippen LogP contribution >= 0.6 is 0 Å². The minimum atomic E-state index is -0.270. The van der Waals surface area contributed by atoms with Gasteiger partial charge in [-0.1, -0.05) is 32.4 Å². The van der Waals surface area contributed by atoms with Gasteiger partial charge in [-0.3, -0.25) is 9.59 Å². The third-order valence-corrected chi connectivity index (χ3v) is 8.36. The van der Waals surface area contributed by atoms with E-state index in [1.165, 1.54) is 5.57 Å². The summed E-state index contributed by atoms with van der Waals surface area (Å²) in [5.41, 5.74) is 1.35. The fourth-order valence-corrected chi connectivity index (χ4v) is 7.06. The van der Waals surface area contributed by atoms with E-state index in [0.717, 1.165) is 32.1 Å². The molecule has 0 aromatic rings. The van der Waals surface area contributed by atoms with Crippen molar-refractivity contribution in [2.45, 2.75) is 65.4 Å². The zero-order valence-corrected chi connectivity index (χ0v) is 16.7. The fraction of sp³-hybridized carbons (Fsp3) is 0.739. The van der Waals surface area contributed by atoms with Crippen molar-refractivity contribution < 1.29 is 19.4 Å². The summed E-state index contributed by atoms with van der Waals surface area (Å²) in [6, 6.07) is 0. The summed E-state index contributed by atoms with van der Waals surface area (Å²) >= 11 is 0. The maximum absolute atomic E-state index is 12.1. The van der Waals surface area contributed by atoms with E-state index in [9.17, 15) is 9.59 Å². The van der Waals surface area contributed by atoms with Crippen LogP contribution in [0.4, 0.5) is 0 Å². The quantitative estimate of drug-likeness (QED) is 0.765. The standard InChI is InChI=1S/C23H32O4/c1-14-12-19-17-5-4-15-13-16(25)6-9-22(15,2)18(17)7-10-23(19,3)21(14)27-20(26)8-11-24/h6,9,13-14,17-19,21,24H,4-5,7-8,10-12H2,1-3H3/t14-,17?,18?,19?,21-,22+,23+/m1/s1. The van der Waals surface area contributed by atoms with E-state index in [4.69, 9.17) is 9.84 Å². The molecule has 4 heteroatoms. The van der Waals surface area contributed by atoms with Gasteiger partial charge < -0.3 is 9.84 Å². The van der Waals surface area contributed by atoms with Crippen LogP contribution in [-0.2, 0) is 14.3 Å². The zero-order valence-electron chi connectivity index (χ0n) is 16.7. The van der Waals surface area contributed by atoms with E-state index in [2.05, 4.69) is 26.8 Å². The Hall–Kier alpha value is -1.42. The second-order valence-electron chi connectivity index (χ2n) is 9.75. The number of fused-ring (bicyclic) bond motifs is 5. The minimum absolute atomic E-state index is 0.00699. The molecule has 3 unspecified atom stereocenters. The Labute approximate surface area is 162 Å². The molecule has 0 bridgehead atoms. The SMILES string of the molecule is C[C@@H]1CC2C3CCC4=CC(=O)C=C[C@]4(C)C3CC[C@]2(C)[C@@H]1OC(=O)CCO. The number of ether oxygens (including phenoxy) is 1. The fourth-order valence-electron chi connectivity index (χ4n) is 7.06. The third-order valence-electron chi connectivity index (χ3n) is 8.36. The number of aliphatic hydroxyl groups excluding tert-OH is 1. The summed E-state index contributed by atoms with van der Waals surface area (Å²) in [5, 5.41) is 9.05. The zero-order chi connectivity index (χ0) is 19.4. The van der Waals surface area contributed by atoms with Gasteiger partial charge in [-0.15, -0.1) is 0 Å². The van der Waals surface area contributed by atoms with E-state index in [0.29, 0.717) is 23.7 Å². The number of rotatable bonds is 3. The number of carbonyl (C=O) groups excluding carboxylic acids is 2. The highest BCUT2D eigenvalue weighted by Crippen LogP contribution is 2.65. The minimum Gasteiger partial charge on any atom is -0.461 e. The van der Waals surface area contributed by atoms with Gasteiger partial charge in [0, 0.05) is 10.8 Å². The van der Waals surface area contributed by atoms with Gasteiger partial charge in [0.2, 0.25) is 0 Å². The molecule has 148 valence electrons. The van der Waals surface area contributed by atoms with Gasteiger partial charge in [-0.25, -0.2) is 0 Å². The number of hydrogen-bond acceptors (Lipinski definition) is 4. The highest BCUT2D eigenvalue weighted by Gasteiger charge is 2.61. The van der Waals surface area contributed by atoms with E-state index in [1.54, 1.807) is 6.08 Å². The molecule has 4 aliphatic carbocycles. The first-order valence-electron chi connectivity index (χ1n) is 10.5. The summed E-state index contributed by atoms with van der Waals surface area (Å²) in [6.45, 7) is 6.70. The van der Waals surface area contributed by atoms with Crippen LogP contribution in [0, 0.1) is 34.5 Å². The number of aliphatic hydroxyl groups is 1. The smallest absolute Gasteiger partial charge is 0.308 e. The van der Waals surface area contributed by atoms with Crippen molar-refractivity contribution >= 4 is 11.8 Å². The molecule has 0 aliphatic heterocycles. The van der Waals surface area contributed by atoms with Crippen LogP contribution in [-0.4, -0.2) is 29.6 Å². The molecule has 7 atom stereocenters. The molecule has 0 spiro atoms. The maximum atomic E-state index is 12.1. The Kier molecular flexibility index (Phi) is 4.61. The average molecular weight is 373 g/mol. The van der Waals surface area contributed by atoms with Gasteiger partial charge >= 0.3 is 5.97 Å². The van der Waals surface area contributed by atoms with Crippen LogP contribution in [0.2, 0.25) is 0 Å². The van der Waals surface area contributed by atoms with Crippen LogP contribution in [0.15, 0.2) is 23.8 Å². The van der Waals surface area contributed by atoms with Crippen molar-refractivity contribution in [1.29, 1.82) is 0 Å². The number of allylic oxidation sites excluding steroid dienone is 4. The Balaban J connectivity index is 1.60. The number of hydrogen-bond donors (Lipinski definition) is 1. The van der Waals surface area contributed by atoms with Gasteiger partial charge in [0.15, 0.2) is 5.78 Å². The number of esters is 1. The van der Waals surface area contributed by atoms with Gasteiger partial charge in [0.05, 0.1) is 13.0 Å². The molecular formula is C23H32O4. The monoisotopic (exact) mass is 372 g/mol. The topological polar surface area (TPSA) is 63.6 Å². The molecule has 0 amide bonds. The molecule has 27 heavy (non-hydrogen) atoms. The predicted octanol–water partition coefficient (Wildman–Crippen LogP) is 3.83.